The van der Waals surface area contributed by atoms with Crippen LogP contribution >= 0.6 is 0 Å². The van der Waals surface area contributed by atoms with Crippen LogP contribution in [-0.4, -0.2) is 72.1 Å². The molecule has 1 aliphatic heterocycles. The smallest absolute Gasteiger partial charge is 0.475 e. The highest BCUT2D eigenvalue weighted by molar-refractivity contribution is 5.73. The Morgan fingerprint density at radius 1 is 0.975 bits per heavy atom. The molecule has 4 aromatic heterocycles. The third-order valence-electron chi connectivity index (χ3n) is 5.42. The Hall–Kier alpha value is -4.47. The van der Waals surface area contributed by atoms with Gasteiger partial charge in [0.05, 0.1) is 12.8 Å². The van der Waals surface area contributed by atoms with Crippen LogP contribution in [0.15, 0.2) is 65.7 Å². The number of pyridine rings is 2. The number of aliphatic carboxylic acids is 2. The summed E-state index contributed by atoms with van der Waals surface area (Å²) in [5.74, 6) is -3.21. The second-order valence-corrected chi connectivity index (χ2v) is 8.34. The molecule has 4 aromatic rings. The number of fused-ring (bicyclic) bond motifs is 1. The molecule has 5 heterocycles. The SMILES string of the molecule is O=C(O)C(F)(F)F.O=C(O)C(F)(F)F.c1cncc(-c2ccc3nc(C4CCN(Cc5ccco5)C4)nn3c2)c1. The van der Waals surface area contributed by atoms with Gasteiger partial charge in [0.1, 0.15) is 5.76 Å². The van der Waals surface area contributed by atoms with Crippen LogP contribution < -0.4 is 0 Å². The molecule has 0 spiro atoms. The Bertz CT molecular complexity index is 1380. The normalized spacial score (nSPS) is 15.6. The lowest BCUT2D eigenvalue weighted by atomic mass is 10.1. The molecule has 0 aliphatic carbocycles. The number of carbonyl (C=O) groups is 2. The number of rotatable bonds is 4. The van der Waals surface area contributed by atoms with E-state index in [0.29, 0.717) is 5.92 Å². The van der Waals surface area contributed by atoms with Gasteiger partial charge in [-0.3, -0.25) is 9.88 Å². The Morgan fingerprint density at radius 3 is 2.20 bits per heavy atom. The average molecular weight is 573 g/mol. The summed E-state index contributed by atoms with van der Waals surface area (Å²) in [5, 5.41) is 19.0. The Balaban J connectivity index is 0.000000263. The van der Waals surface area contributed by atoms with Crippen LogP contribution in [0.5, 0.6) is 0 Å². The Morgan fingerprint density at radius 2 is 1.65 bits per heavy atom. The van der Waals surface area contributed by atoms with Crippen molar-refractivity contribution in [2.24, 2.45) is 0 Å². The second kappa shape index (κ2) is 12.6. The van der Waals surface area contributed by atoms with Crippen LogP contribution in [-0.2, 0) is 16.1 Å². The first-order chi connectivity index (χ1) is 18.7. The molecule has 0 amide bonds. The summed E-state index contributed by atoms with van der Waals surface area (Å²) in [7, 11) is 0. The first-order valence-electron chi connectivity index (χ1n) is 11.4. The second-order valence-electron chi connectivity index (χ2n) is 8.34. The minimum absolute atomic E-state index is 0.367. The summed E-state index contributed by atoms with van der Waals surface area (Å²) in [6.07, 6.45) is -1.69. The van der Waals surface area contributed by atoms with E-state index in [1.165, 1.54) is 0 Å². The fourth-order valence-corrected chi connectivity index (χ4v) is 3.59. The number of halogens is 6. The van der Waals surface area contributed by atoms with Crippen molar-refractivity contribution in [2.75, 3.05) is 13.1 Å². The van der Waals surface area contributed by atoms with Gasteiger partial charge in [-0.25, -0.2) is 19.1 Å². The van der Waals surface area contributed by atoms with Crippen molar-refractivity contribution >= 4 is 17.6 Å². The lowest BCUT2D eigenvalue weighted by Crippen LogP contribution is -2.21. The zero-order chi connectivity index (χ0) is 29.5. The quantitative estimate of drug-likeness (QED) is 0.335. The van der Waals surface area contributed by atoms with Crippen molar-refractivity contribution in [3.05, 3.63) is 72.8 Å². The van der Waals surface area contributed by atoms with Crippen LogP contribution in [0.4, 0.5) is 26.3 Å². The average Bonchev–Trinajstić information content (AvgIpc) is 3.65. The number of carboxylic acid groups (broad SMARTS) is 2. The monoisotopic (exact) mass is 573 g/mol. The maximum atomic E-state index is 10.6. The summed E-state index contributed by atoms with van der Waals surface area (Å²) in [4.78, 5) is 29.1. The molecule has 0 bridgehead atoms. The molecule has 10 nitrogen and oxygen atoms in total. The van der Waals surface area contributed by atoms with Gasteiger partial charge in [0.25, 0.3) is 0 Å². The number of hydrogen-bond acceptors (Lipinski definition) is 7. The van der Waals surface area contributed by atoms with E-state index in [2.05, 4.69) is 22.0 Å². The highest BCUT2D eigenvalue weighted by atomic mass is 19.4. The largest absolute Gasteiger partial charge is 0.490 e. The van der Waals surface area contributed by atoms with Crippen LogP contribution in [0.3, 0.4) is 0 Å². The predicted molar refractivity (Wildman–Crippen MR) is 125 cm³/mol. The van der Waals surface area contributed by atoms with Gasteiger partial charge in [-0.15, -0.1) is 0 Å². The van der Waals surface area contributed by atoms with Crippen molar-refractivity contribution < 1.29 is 50.6 Å². The molecule has 40 heavy (non-hydrogen) atoms. The van der Waals surface area contributed by atoms with E-state index in [9.17, 15) is 26.3 Å². The van der Waals surface area contributed by atoms with E-state index in [1.807, 2.05) is 41.2 Å². The summed E-state index contributed by atoms with van der Waals surface area (Å²) < 4.78 is 70.8. The topological polar surface area (TPSA) is 134 Å². The van der Waals surface area contributed by atoms with Gasteiger partial charge in [0, 0.05) is 42.2 Å². The molecule has 1 aliphatic rings. The molecule has 1 fully saturated rings. The van der Waals surface area contributed by atoms with Crippen LogP contribution in [0.2, 0.25) is 0 Å². The Labute approximate surface area is 221 Å². The lowest BCUT2D eigenvalue weighted by molar-refractivity contribution is -0.193. The highest BCUT2D eigenvalue weighted by Crippen LogP contribution is 2.27. The zero-order valence-corrected chi connectivity index (χ0v) is 20.3. The van der Waals surface area contributed by atoms with Crippen LogP contribution in [0, 0.1) is 0 Å². The predicted octanol–water partition coefficient (Wildman–Crippen LogP) is 4.64. The minimum Gasteiger partial charge on any atom is -0.475 e. The molecule has 2 N–H and O–H groups in total. The number of carboxylic acids is 2. The molecule has 214 valence electrons. The zero-order valence-electron chi connectivity index (χ0n) is 20.3. The maximum absolute atomic E-state index is 10.6. The third-order valence-corrected chi connectivity index (χ3v) is 5.42. The van der Waals surface area contributed by atoms with E-state index in [-0.39, 0.29) is 0 Å². The van der Waals surface area contributed by atoms with Gasteiger partial charge in [-0.05, 0) is 43.3 Å². The molecule has 16 heteroatoms. The van der Waals surface area contributed by atoms with E-state index >= 15 is 0 Å². The Kier molecular flexibility index (Phi) is 9.47. The molecule has 1 atom stereocenters. The molecule has 0 saturated carbocycles. The van der Waals surface area contributed by atoms with Crippen molar-refractivity contribution in [2.45, 2.75) is 31.2 Å². The van der Waals surface area contributed by atoms with E-state index in [1.54, 1.807) is 12.5 Å². The van der Waals surface area contributed by atoms with Gasteiger partial charge >= 0.3 is 24.3 Å². The number of hydrogen-bond donors (Lipinski definition) is 2. The van der Waals surface area contributed by atoms with Crippen molar-refractivity contribution in [1.82, 2.24) is 24.5 Å². The van der Waals surface area contributed by atoms with Crippen molar-refractivity contribution in [1.29, 1.82) is 0 Å². The number of nitrogens with zero attached hydrogens (tertiary/aromatic N) is 5. The molecule has 1 unspecified atom stereocenters. The molecule has 0 radical (unpaired) electrons. The van der Waals surface area contributed by atoms with Crippen LogP contribution in [0.1, 0.15) is 23.9 Å². The third kappa shape index (κ3) is 8.52. The van der Waals surface area contributed by atoms with E-state index in [0.717, 1.165) is 54.4 Å². The fraction of sp³-hybridized carbons (Fsp3) is 0.292. The number of likely N-dealkylation sites (tertiary alicyclic amines) is 1. The first kappa shape index (κ1) is 30.1. The molecule has 5 rings (SSSR count). The van der Waals surface area contributed by atoms with Crippen LogP contribution in [0.25, 0.3) is 16.8 Å². The minimum atomic E-state index is -5.08. The van der Waals surface area contributed by atoms with Crippen molar-refractivity contribution in [3.63, 3.8) is 0 Å². The number of aromatic nitrogens is 4. The summed E-state index contributed by atoms with van der Waals surface area (Å²) in [5.41, 5.74) is 3.06. The first-order valence-corrected chi connectivity index (χ1v) is 11.4. The maximum Gasteiger partial charge on any atom is 0.490 e. The van der Waals surface area contributed by atoms with Gasteiger partial charge in [-0.2, -0.15) is 31.4 Å². The standard InChI is InChI=1S/C20H19N5O.2C2HF3O2/c1-3-15(11-21-8-1)16-5-6-19-22-20(23-25(19)13-16)17-7-9-24(12-17)14-18-4-2-10-26-18;2*3-2(4,5)1(6)7/h1-6,8,10-11,13,17H,7,9,12,14H2;2*(H,6,7). The molecular formula is C24H21F6N5O5. The molecule has 0 aromatic carbocycles. The van der Waals surface area contributed by atoms with Gasteiger partial charge in [0.15, 0.2) is 11.5 Å². The lowest BCUT2D eigenvalue weighted by Gasteiger charge is -2.12. The van der Waals surface area contributed by atoms with Gasteiger partial charge in [0.2, 0.25) is 0 Å². The van der Waals surface area contributed by atoms with E-state index < -0.39 is 24.3 Å². The van der Waals surface area contributed by atoms with Gasteiger partial charge < -0.3 is 14.6 Å². The summed E-state index contributed by atoms with van der Waals surface area (Å²) in [6.45, 7) is 2.86. The van der Waals surface area contributed by atoms with E-state index in [4.69, 9.17) is 34.3 Å². The number of furan rings is 1. The molecule has 1 saturated heterocycles. The van der Waals surface area contributed by atoms with Crippen molar-refractivity contribution in [3.8, 4) is 11.1 Å². The summed E-state index contributed by atoms with van der Waals surface area (Å²) >= 11 is 0. The fourth-order valence-electron chi connectivity index (χ4n) is 3.59. The highest BCUT2D eigenvalue weighted by Gasteiger charge is 2.38. The van der Waals surface area contributed by atoms with Gasteiger partial charge in [-0.1, -0.05) is 6.07 Å². The molecular weight excluding hydrogens is 552 g/mol. The summed E-state index contributed by atoms with van der Waals surface area (Å²) in [6, 6.07) is 12.0. The number of alkyl halides is 6.